The smallest absolute Gasteiger partial charge is 0.262 e. The average molecular weight is 458 g/mol. The molecule has 4 aromatic rings. The van der Waals surface area contributed by atoms with Gasteiger partial charge in [0.2, 0.25) is 5.91 Å². The molecule has 0 saturated carbocycles. The van der Waals surface area contributed by atoms with Crippen molar-refractivity contribution in [3.63, 3.8) is 0 Å². The maximum Gasteiger partial charge on any atom is 0.262 e. The monoisotopic (exact) mass is 457 g/mol. The summed E-state index contributed by atoms with van der Waals surface area (Å²) in [6.07, 6.45) is 3.19. The van der Waals surface area contributed by atoms with Crippen LogP contribution in [-0.4, -0.2) is 16.8 Å². The highest BCUT2D eigenvalue weighted by molar-refractivity contribution is 7.09. The Kier molecular flexibility index (Phi) is 7.12. The van der Waals surface area contributed by atoms with Crippen molar-refractivity contribution in [3.8, 4) is 5.75 Å². The van der Waals surface area contributed by atoms with E-state index in [1.807, 2.05) is 79.0 Å². The van der Waals surface area contributed by atoms with Crippen LogP contribution in [0.25, 0.3) is 16.8 Å². The molecule has 0 bridgehead atoms. The first-order chi connectivity index (χ1) is 16.1. The Morgan fingerprint density at radius 1 is 1.03 bits per heavy atom. The van der Waals surface area contributed by atoms with E-state index in [9.17, 15) is 9.59 Å². The van der Waals surface area contributed by atoms with Crippen LogP contribution in [0.3, 0.4) is 0 Å². The van der Waals surface area contributed by atoms with Crippen LogP contribution in [0.15, 0.2) is 78.2 Å². The Hall–Kier alpha value is -3.97. The molecular weight excluding hydrogens is 434 g/mol. The molecule has 0 aliphatic rings. The van der Waals surface area contributed by atoms with Gasteiger partial charge in [-0.25, -0.2) is 4.98 Å². The molecule has 33 heavy (non-hydrogen) atoms. The zero-order chi connectivity index (χ0) is 23.0. The lowest BCUT2D eigenvalue weighted by atomic mass is 10.0. The topological polar surface area (TPSA) is 80.3 Å². The summed E-state index contributed by atoms with van der Waals surface area (Å²) >= 11 is 1.58. The van der Waals surface area contributed by atoms with Gasteiger partial charge in [0, 0.05) is 11.5 Å². The van der Waals surface area contributed by atoms with Crippen LogP contribution < -0.4 is 15.6 Å². The molecule has 2 N–H and O–H groups in total. The van der Waals surface area contributed by atoms with Crippen molar-refractivity contribution in [1.29, 1.82) is 0 Å². The molecule has 166 valence electrons. The summed E-state index contributed by atoms with van der Waals surface area (Å²) < 4.78 is 5.77. The average Bonchev–Trinajstić information content (AvgIpc) is 3.26. The molecule has 1 aromatic heterocycles. The first kappa shape index (κ1) is 22.2. The summed E-state index contributed by atoms with van der Waals surface area (Å²) in [4.78, 5) is 28.8. The van der Waals surface area contributed by atoms with Crippen molar-refractivity contribution >= 4 is 40.0 Å². The molecule has 0 radical (unpaired) electrons. The number of thiazole rings is 1. The SMILES string of the molecule is Cc1nc(COc2cccc(/C=C/C(=O)NNC(=O)Cc3cccc4ccccc34)c2)cs1. The van der Waals surface area contributed by atoms with E-state index in [-0.39, 0.29) is 12.3 Å². The summed E-state index contributed by atoms with van der Waals surface area (Å²) in [6, 6.07) is 21.1. The first-order valence-electron chi connectivity index (χ1n) is 10.4. The van der Waals surface area contributed by atoms with Gasteiger partial charge < -0.3 is 4.74 Å². The molecule has 0 unspecified atom stereocenters. The molecule has 0 aliphatic carbocycles. The van der Waals surface area contributed by atoms with Crippen molar-refractivity contribution < 1.29 is 14.3 Å². The van der Waals surface area contributed by atoms with Crippen molar-refractivity contribution in [2.45, 2.75) is 20.0 Å². The zero-order valence-corrected chi connectivity index (χ0v) is 18.9. The molecule has 7 heteroatoms. The highest BCUT2D eigenvalue weighted by Crippen LogP contribution is 2.19. The van der Waals surface area contributed by atoms with Gasteiger partial charge in [0.05, 0.1) is 17.1 Å². The quantitative estimate of drug-likeness (QED) is 0.314. The van der Waals surface area contributed by atoms with Gasteiger partial charge in [0.1, 0.15) is 12.4 Å². The van der Waals surface area contributed by atoms with Gasteiger partial charge in [0.25, 0.3) is 5.91 Å². The Morgan fingerprint density at radius 3 is 2.70 bits per heavy atom. The van der Waals surface area contributed by atoms with Gasteiger partial charge in [-0.1, -0.05) is 54.6 Å². The van der Waals surface area contributed by atoms with E-state index in [1.54, 1.807) is 17.4 Å². The largest absolute Gasteiger partial charge is 0.487 e. The van der Waals surface area contributed by atoms with Crippen molar-refractivity contribution in [2.75, 3.05) is 0 Å². The molecular formula is C26H23N3O3S. The fourth-order valence-electron chi connectivity index (χ4n) is 3.35. The van der Waals surface area contributed by atoms with E-state index in [0.717, 1.165) is 32.6 Å². The summed E-state index contributed by atoms with van der Waals surface area (Å²) in [5, 5.41) is 5.06. The second-order valence-electron chi connectivity index (χ2n) is 7.40. The van der Waals surface area contributed by atoms with Gasteiger partial charge in [-0.3, -0.25) is 20.4 Å². The molecule has 0 saturated heterocycles. The second-order valence-corrected chi connectivity index (χ2v) is 8.47. The van der Waals surface area contributed by atoms with Crippen molar-refractivity contribution in [2.24, 2.45) is 0 Å². The van der Waals surface area contributed by atoms with E-state index in [1.165, 1.54) is 6.08 Å². The number of hydrazine groups is 1. The maximum absolute atomic E-state index is 12.3. The van der Waals surface area contributed by atoms with Crippen molar-refractivity contribution in [1.82, 2.24) is 15.8 Å². The normalized spacial score (nSPS) is 10.9. The number of nitrogens with one attached hydrogen (secondary N) is 2. The first-order valence-corrected chi connectivity index (χ1v) is 11.3. The maximum atomic E-state index is 12.3. The number of carbonyl (C=O) groups is 2. The minimum absolute atomic E-state index is 0.170. The number of fused-ring (bicyclic) bond motifs is 1. The molecule has 0 fully saturated rings. The lowest BCUT2D eigenvalue weighted by Crippen LogP contribution is -2.41. The van der Waals surface area contributed by atoms with E-state index >= 15 is 0 Å². The van der Waals surface area contributed by atoms with Crippen LogP contribution in [0.5, 0.6) is 5.75 Å². The van der Waals surface area contributed by atoms with Crippen LogP contribution >= 0.6 is 11.3 Å². The fourth-order valence-corrected chi connectivity index (χ4v) is 3.95. The van der Waals surface area contributed by atoms with E-state index in [4.69, 9.17) is 4.74 Å². The number of ether oxygens (including phenoxy) is 1. The number of hydrogen-bond donors (Lipinski definition) is 2. The number of aryl methyl sites for hydroxylation is 1. The Morgan fingerprint density at radius 2 is 1.85 bits per heavy atom. The second kappa shape index (κ2) is 10.6. The highest BCUT2D eigenvalue weighted by Gasteiger charge is 2.07. The number of amides is 2. The van der Waals surface area contributed by atoms with E-state index in [0.29, 0.717) is 12.4 Å². The summed E-state index contributed by atoms with van der Waals surface area (Å²) in [5.74, 6) is -0.0297. The van der Waals surface area contributed by atoms with Gasteiger partial charge in [-0.15, -0.1) is 11.3 Å². The summed E-state index contributed by atoms with van der Waals surface area (Å²) in [6.45, 7) is 2.34. The molecule has 0 aliphatic heterocycles. The lowest BCUT2D eigenvalue weighted by Gasteiger charge is -2.08. The number of nitrogens with zero attached hydrogens (tertiary/aromatic N) is 1. The fraction of sp³-hybridized carbons (Fsp3) is 0.115. The third-order valence-electron chi connectivity index (χ3n) is 4.89. The number of benzene rings is 3. The number of aromatic nitrogens is 1. The van der Waals surface area contributed by atoms with E-state index < -0.39 is 5.91 Å². The minimum Gasteiger partial charge on any atom is -0.487 e. The van der Waals surface area contributed by atoms with Crippen molar-refractivity contribution in [3.05, 3.63) is 100 Å². The van der Waals surface area contributed by atoms with Crippen LogP contribution in [-0.2, 0) is 22.6 Å². The Balaban J connectivity index is 1.27. The molecule has 0 spiro atoms. The van der Waals surface area contributed by atoms with Crippen LogP contribution in [0.1, 0.15) is 21.8 Å². The third kappa shape index (κ3) is 6.27. The van der Waals surface area contributed by atoms with E-state index in [2.05, 4.69) is 15.8 Å². The lowest BCUT2D eigenvalue weighted by molar-refractivity contribution is -0.126. The molecule has 3 aromatic carbocycles. The molecule has 2 amide bonds. The van der Waals surface area contributed by atoms with Crippen LogP contribution in [0.2, 0.25) is 0 Å². The molecule has 0 atom stereocenters. The Bertz CT molecular complexity index is 1310. The van der Waals surface area contributed by atoms with Crippen LogP contribution in [0.4, 0.5) is 0 Å². The summed E-state index contributed by atoms with van der Waals surface area (Å²) in [5.41, 5.74) is 7.48. The highest BCUT2D eigenvalue weighted by atomic mass is 32.1. The Labute approximate surface area is 195 Å². The number of hydrogen-bond acceptors (Lipinski definition) is 5. The predicted octanol–water partition coefficient (Wildman–Crippen LogP) is 4.59. The van der Waals surface area contributed by atoms with Crippen LogP contribution in [0, 0.1) is 6.92 Å². The minimum atomic E-state index is -0.425. The van der Waals surface area contributed by atoms with Gasteiger partial charge >= 0.3 is 0 Å². The van der Waals surface area contributed by atoms with Gasteiger partial charge in [-0.2, -0.15) is 0 Å². The standard InChI is InChI=1S/C26H23N3O3S/c1-18-27-22(17-33-18)16-32-23-10-4-6-19(14-23)12-13-25(30)28-29-26(31)15-21-9-5-8-20-7-2-3-11-24(20)21/h2-14,17H,15-16H2,1H3,(H,28,30)(H,29,31)/b13-12+. The van der Waals surface area contributed by atoms with Gasteiger partial charge in [-0.05, 0) is 47.0 Å². The predicted molar refractivity (Wildman–Crippen MR) is 131 cm³/mol. The molecule has 4 rings (SSSR count). The molecule has 6 nitrogen and oxygen atoms in total. The number of carbonyl (C=O) groups excluding carboxylic acids is 2. The zero-order valence-electron chi connectivity index (χ0n) is 18.1. The van der Waals surface area contributed by atoms with Gasteiger partial charge in [0.15, 0.2) is 0 Å². The number of rotatable bonds is 7. The molecule has 1 heterocycles. The summed E-state index contributed by atoms with van der Waals surface area (Å²) in [7, 11) is 0. The third-order valence-corrected chi connectivity index (χ3v) is 5.72.